The molecular weight excluding hydrogens is 472 g/mol. The van der Waals surface area contributed by atoms with Crippen LogP contribution in [0.4, 0.5) is 0 Å². The molecule has 0 saturated heterocycles. The van der Waals surface area contributed by atoms with E-state index in [0.29, 0.717) is 24.0 Å². The fourth-order valence-corrected chi connectivity index (χ4v) is 4.73. The number of aryl methyl sites for hydroxylation is 3. The summed E-state index contributed by atoms with van der Waals surface area (Å²) in [6.45, 7) is 6.65. The van der Waals surface area contributed by atoms with Crippen molar-refractivity contribution in [1.29, 1.82) is 0 Å². The number of hydrogen-bond acceptors (Lipinski definition) is 10. The van der Waals surface area contributed by atoms with Gasteiger partial charge in [0.15, 0.2) is 0 Å². The standard InChI is InChI=1S/C24H32N4O6S/c1-14-9-19(35-20(14)11-28(4)5-6-29)24-26-23(27-34-24)17-7-15(2)22(16(3)8-17)33-13-18(31)10-25-21(32)12-30/h7-9,18,29-31H,5-6,10-13H2,1-4H3,(H,25,32)/t18-/m0/s1. The third-order valence-electron chi connectivity index (χ3n) is 5.37. The van der Waals surface area contributed by atoms with E-state index >= 15 is 0 Å². The van der Waals surface area contributed by atoms with Gasteiger partial charge in [-0.05, 0) is 62.7 Å². The van der Waals surface area contributed by atoms with Crippen molar-refractivity contribution in [2.24, 2.45) is 0 Å². The number of ether oxygens (including phenoxy) is 1. The maximum Gasteiger partial charge on any atom is 0.268 e. The number of hydrogen-bond donors (Lipinski definition) is 4. The minimum absolute atomic E-state index is 0.00729. The van der Waals surface area contributed by atoms with Gasteiger partial charge in [0.2, 0.25) is 11.7 Å². The number of benzene rings is 1. The van der Waals surface area contributed by atoms with Gasteiger partial charge in [-0.3, -0.25) is 9.69 Å². The van der Waals surface area contributed by atoms with Crippen LogP contribution in [0.15, 0.2) is 22.7 Å². The molecule has 2 aromatic heterocycles. The van der Waals surface area contributed by atoms with E-state index in [9.17, 15) is 9.90 Å². The second kappa shape index (κ2) is 12.2. The lowest BCUT2D eigenvalue weighted by Gasteiger charge is -2.16. The summed E-state index contributed by atoms with van der Waals surface area (Å²) in [5, 5.41) is 34.4. The number of nitrogens with one attached hydrogen (secondary N) is 1. The highest BCUT2D eigenvalue weighted by atomic mass is 32.1. The molecule has 0 spiro atoms. The molecule has 0 unspecified atom stereocenters. The number of aliphatic hydroxyl groups is 3. The Morgan fingerprint density at radius 1 is 1.20 bits per heavy atom. The second-order valence-corrected chi connectivity index (χ2v) is 9.60. The highest BCUT2D eigenvalue weighted by Gasteiger charge is 2.18. The first-order valence-corrected chi connectivity index (χ1v) is 12.1. The first kappa shape index (κ1) is 26.8. The van der Waals surface area contributed by atoms with Crippen molar-refractivity contribution in [3.63, 3.8) is 0 Å². The fourth-order valence-electron chi connectivity index (χ4n) is 3.55. The van der Waals surface area contributed by atoms with Gasteiger partial charge in [-0.25, -0.2) is 0 Å². The molecule has 190 valence electrons. The number of rotatable bonds is 12. The van der Waals surface area contributed by atoms with Crippen molar-refractivity contribution in [2.45, 2.75) is 33.4 Å². The topological polar surface area (TPSA) is 141 Å². The molecule has 0 aliphatic heterocycles. The number of carbonyl (C=O) groups is 1. The van der Waals surface area contributed by atoms with Gasteiger partial charge in [0.05, 0.1) is 11.5 Å². The Morgan fingerprint density at radius 2 is 1.91 bits per heavy atom. The Morgan fingerprint density at radius 3 is 2.57 bits per heavy atom. The Bertz CT molecular complexity index is 1120. The highest BCUT2D eigenvalue weighted by molar-refractivity contribution is 7.15. The van der Waals surface area contributed by atoms with Crippen molar-refractivity contribution in [2.75, 3.05) is 40.0 Å². The summed E-state index contributed by atoms with van der Waals surface area (Å²) in [4.78, 5) is 19.8. The second-order valence-electron chi connectivity index (χ2n) is 8.47. The molecule has 10 nitrogen and oxygen atoms in total. The molecule has 0 fully saturated rings. The monoisotopic (exact) mass is 504 g/mol. The van der Waals surface area contributed by atoms with Crippen LogP contribution in [-0.2, 0) is 11.3 Å². The normalized spacial score (nSPS) is 12.2. The van der Waals surface area contributed by atoms with Gasteiger partial charge in [0.1, 0.15) is 25.1 Å². The van der Waals surface area contributed by atoms with Gasteiger partial charge in [0, 0.05) is 30.1 Å². The molecule has 2 heterocycles. The Labute approximate surface area is 208 Å². The van der Waals surface area contributed by atoms with Crippen LogP contribution in [-0.4, -0.2) is 82.3 Å². The van der Waals surface area contributed by atoms with Gasteiger partial charge >= 0.3 is 0 Å². The predicted molar refractivity (Wildman–Crippen MR) is 132 cm³/mol. The highest BCUT2D eigenvalue weighted by Crippen LogP contribution is 2.34. The summed E-state index contributed by atoms with van der Waals surface area (Å²) in [7, 11) is 1.97. The summed E-state index contributed by atoms with van der Waals surface area (Å²) < 4.78 is 11.3. The summed E-state index contributed by atoms with van der Waals surface area (Å²) in [5.41, 5.74) is 3.62. The Hall–Kier alpha value is -2.83. The van der Waals surface area contributed by atoms with Crippen molar-refractivity contribution in [3.8, 4) is 27.9 Å². The molecule has 0 aliphatic rings. The maximum absolute atomic E-state index is 11.1. The number of aliphatic hydroxyl groups excluding tert-OH is 3. The van der Waals surface area contributed by atoms with Gasteiger partial charge < -0.3 is 29.9 Å². The minimum Gasteiger partial charge on any atom is -0.490 e. The number of nitrogens with zero attached hydrogens (tertiary/aromatic N) is 3. The Balaban J connectivity index is 1.70. The number of aromatic nitrogens is 2. The summed E-state index contributed by atoms with van der Waals surface area (Å²) in [6.07, 6.45) is -0.911. The molecular formula is C24H32N4O6S. The van der Waals surface area contributed by atoms with E-state index in [-0.39, 0.29) is 19.8 Å². The van der Waals surface area contributed by atoms with E-state index in [1.165, 1.54) is 4.88 Å². The zero-order chi connectivity index (χ0) is 25.5. The van der Waals surface area contributed by atoms with E-state index in [0.717, 1.165) is 33.7 Å². The van der Waals surface area contributed by atoms with Crippen molar-refractivity contribution < 1.29 is 29.4 Å². The predicted octanol–water partition coefficient (Wildman–Crippen LogP) is 1.66. The molecule has 1 atom stereocenters. The van der Waals surface area contributed by atoms with E-state index in [2.05, 4.69) is 20.4 Å². The first-order valence-electron chi connectivity index (χ1n) is 11.2. The molecule has 0 saturated carbocycles. The zero-order valence-corrected chi connectivity index (χ0v) is 21.2. The molecule has 1 aromatic carbocycles. The summed E-state index contributed by atoms with van der Waals surface area (Å²) in [6, 6.07) is 5.82. The molecule has 1 amide bonds. The van der Waals surface area contributed by atoms with Gasteiger partial charge in [0.25, 0.3) is 5.89 Å². The number of carbonyl (C=O) groups excluding carboxylic acids is 1. The summed E-state index contributed by atoms with van der Waals surface area (Å²) >= 11 is 1.60. The lowest BCUT2D eigenvalue weighted by Crippen LogP contribution is -2.36. The summed E-state index contributed by atoms with van der Waals surface area (Å²) in [5.74, 6) is 1.00. The third kappa shape index (κ3) is 7.09. The average Bonchev–Trinajstić information content (AvgIpc) is 3.44. The van der Waals surface area contributed by atoms with Crippen LogP contribution in [0, 0.1) is 20.8 Å². The molecule has 0 aliphatic carbocycles. The quantitative estimate of drug-likeness (QED) is 0.290. The first-order chi connectivity index (χ1) is 16.7. The number of amides is 1. The van der Waals surface area contributed by atoms with Crippen LogP contribution >= 0.6 is 11.3 Å². The van der Waals surface area contributed by atoms with Crippen LogP contribution in [0.25, 0.3) is 22.2 Å². The maximum atomic E-state index is 11.1. The van der Waals surface area contributed by atoms with Crippen LogP contribution in [0.1, 0.15) is 21.6 Å². The molecule has 0 bridgehead atoms. The molecule has 0 radical (unpaired) electrons. The van der Waals surface area contributed by atoms with Crippen molar-refractivity contribution in [3.05, 3.63) is 39.8 Å². The van der Waals surface area contributed by atoms with E-state index < -0.39 is 18.6 Å². The average molecular weight is 505 g/mol. The van der Waals surface area contributed by atoms with E-state index in [1.807, 2.05) is 46.0 Å². The SMILES string of the molecule is Cc1cc(-c2nc(-c3cc(C)c(OC[C@@H](O)CNC(=O)CO)c(C)c3)no2)sc1CN(C)CCO. The molecule has 4 N–H and O–H groups in total. The Kier molecular flexibility index (Phi) is 9.35. The van der Waals surface area contributed by atoms with E-state index in [4.69, 9.17) is 19.5 Å². The zero-order valence-electron chi connectivity index (χ0n) is 20.4. The van der Waals surface area contributed by atoms with Crippen LogP contribution in [0.3, 0.4) is 0 Å². The fraction of sp³-hybridized carbons (Fsp3) is 0.458. The molecule has 3 aromatic rings. The minimum atomic E-state index is -0.911. The van der Waals surface area contributed by atoms with Gasteiger partial charge in [-0.2, -0.15) is 4.98 Å². The van der Waals surface area contributed by atoms with Gasteiger partial charge in [-0.1, -0.05) is 5.16 Å². The van der Waals surface area contributed by atoms with E-state index in [1.54, 1.807) is 11.3 Å². The largest absolute Gasteiger partial charge is 0.490 e. The number of thiophene rings is 1. The lowest BCUT2D eigenvalue weighted by molar-refractivity contribution is -0.124. The molecule has 11 heteroatoms. The third-order valence-corrected chi connectivity index (χ3v) is 6.58. The lowest BCUT2D eigenvalue weighted by atomic mass is 10.1. The number of likely N-dealkylation sites (N-methyl/N-ethyl adjacent to an activating group) is 1. The van der Waals surface area contributed by atoms with Crippen LogP contribution in [0.5, 0.6) is 5.75 Å². The van der Waals surface area contributed by atoms with Crippen LogP contribution < -0.4 is 10.1 Å². The van der Waals surface area contributed by atoms with Crippen LogP contribution in [0.2, 0.25) is 0 Å². The van der Waals surface area contributed by atoms with Gasteiger partial charge in [-0.15, -0.1) is 11.3 Å². The van der Waals surface area contributed by atoms with Crippen molar-refractivity contribution >= 4 is 17.2 Å². The molecule has 35 heavy (non-hydrogen) atoms. The van der Waals surface area contributed by atoms with Crippen molar-refractivity contribution in [1.82, 2.24) is 20.4 Å². The molecule has 3 rings (SSSR count). The smallest absolute Gasteiger partial charge is 0.268 e.